The van der Waals surface area contributed by atoms with E-state index in [0.717, 1.165) is 37.2 Å². The van der Waals surface area contributed by atoms with Gasteiger partial charge in [0.1, 0.15) is 0 Å². The van der Waals surface area contributed by atoms with Crippen LogP contribution in [0, 0.1) is 11.8 Å². The first-order chi connectivity index (χ1) is 10.6. The summed E-state index contributed by atoms with van der Waals surface area (Å²) in [6, 6.07) is 0.0500. The number of urea groups is 1. The van der Waals surface area contributed by atoms with Gasteiger partial charge in [0.15, 0.2) is 5.82 Å². The summed E-state index contributed by atoms with van der Waals surface area (Å²) in [6.07, 6.45) is 5.72. The van der Waals surface area contributed by atoms with Crippen LogP contribution < -0.4 is 5.32 Å². The molecule has 1 unspecified atom stereocenters. The van der Waals surface area contributed by atoms with E-state index in [-0.39, 0.29) is 11.9 Å². The van der Waals surface area contributed by atoms with Crippen molar-refractivity contribution in [1.82, 2.24) is 20.4 Å². The van der Waals surface area contributed by atoms with E-state index in [9.17, 15) is 4.79 Å². The van der Waals surface area contributed by atoms with Crippen LogP contribution in [0.1, 0.15) is 57.2 Å². The minimum atomic E-state index is 0.0500. The number of amides is 2. The van der Waals surface area contributed by atoms with Crippen molar-refractivity contribution in [1.29, 1.82) is 0 Å². The maximum absolute atomic E-state index is 12.2. The smallest absolute Gasteiger partial charge is 0.317 e. The van der Waals surface area contributed by atoms with E-state index in [2.05, 4.69) is 15.5 Å². The number of piperidine rings is 1. The molecule has 1 aliphatic heterocycles. The summed E-state index contributed by atoms with van der Waals surface area (Å²) in [6.45, 7) is 6.41. The fourth-order valence-electron chi connectivity index (χ4n) is 3.14. The van der Waals surface area contributed by atoms with E-state index >= 15 is 0 Å². The first kappa shape index (κ1) is 15.3. The molecule has 2 fully saturated rings. The number of nitrogens with zero attached hydrogens (tertiary/aromatic N) is 3. The fourth-order valence-corrected chi connectivity index (χ4v) is 3.14. The SMILES string of the molecule is CC(C)c1noc(CCNC(=O)N2CCCC(C3CC3)C2)n1. The second-order valence-corrected chi connectivity index (χ2v) is 6.87. The van der Waals surface area contributed by atoms with Gasteiger partial charge in [0.2, 0.25) is 5.89 Å². The standard InChI is InChI=1S/C16H26N4O2/c1-11(2)15-18-14(22-19-15)7-8-17-16(21)20-9-3-4-13(10-20)12-5-6-12/h11-13H,3-10H2,1-2H3,(H,17,21). The van der Waals surface area contributed by atoms with E-state index in [1.165, 1.54) is 19.3 Å². The van der Waals surface area contributed by atoms with Crippen LogP contribution in [-0.4, -0.2) is 40.7 Å². The molecular formula is C16H26N4O2. The Kier molecular flexibility index (Phi) is 4.64. The van der Waals surface area contributed by atoms with Crippen molar-refractivity contribution in [2.45, 2.75) is 51.9 Å². The molecule has 6 heteroatoms. The molecule has 1 aromatic heterocycles. The molecule has 1 aliphatic carbocycles. The van der Waals surface area contributed by atoms with E-state index in [1.54, 1.807) is 0 Å². The van der Waals surface area contributed by atoms with Crippen molar-refractivity contribution in [2.24, 2.45) is 11.8 Å². The summed E-state index contributed by atoms with van der Waals surface area (Å²) in [5.74, 6) is 3.19. The van der Waals surface area contributed by atoms with Crippen molar-refractivity contribution in [3.63, 3.8) is 0 Å². The van der Waals surface area contributed by atoms with Crippen LogP contribution in [0.15, 0.2) is 4.52 Å². The van der Waals surface area contributed by atoms with Crippen molar-refractivity contribution >= 4 is 6.03 Å². The highest BCUT2D eigenvalue weighted by Gasteiger charge is 2.35. The van der Waals surface area contributed by atoms with Crippen molar-refractivity contribution < 1.29 is 9.32 Å². The van der Waals surface area contributed by atoms with Gasteiger partial charge in [0.05, 0.1) is 0 Å². The largest absolute Gasteiger partial charge is 0.339 e. The van der Waals surface area contributed by atoms with E-state index in [4.69, 9.17) is 4.52 Å². The number of likely N-dealkylation sites (tertiary alicyclic amines) is 1. The van der Waals surface area contributed by atoms with Crippen LogP contribution in [0.25, 0.3) is 0 Å². The number of aromatic nitrogens is 2. The van der Waals surface area contributed by atoms with Crippen LogP contribution in [0.2, 0.25) is 0 Å². The Labute approximate surface area is 131 Å². The fraction of sp³-hybridized carbons (Fsp3) is 0.812. The summed E-state index contributed by atoms with van der Waals surface area (Å²) in [5.41, 5.74) is 0. The van der Waals surface area contributed by atoms with Crippen LogP contribution >= 0.6 is 0 Å². The third-order valence-corrected chi connectivity index (χ3v) is 4.65. The first-order valence-corrected chi connectivity index (χ1v) is 8.48. The van der Waals surface area contributed by atoms with Gasteiger partial charge in [-0.25, -0.2) is 4.79 Å². The van der Waals surface area contributed by atoms with Gasteiger partial charge in [-0.15, -0.1) is 0 Å². The van der Waals surface area contributed by atoms with E-state index in [1.807, 2.05) is 18.7 Å². The second kappa shape index (κ2) is 6.67. The highest BCUT2D eigenvalue weighted by Crippen LogP contribution is 2.40. The third-order valence-electron chi connectivity index (χ3n) is 4.65. The van der Waals surface area contributed by atoms with E-state index in [0.29, 0.717) is 18.9 Å². The molecule has 2 heterocycles. The topological polar surface area (TPSA) is 71.3 Å². The molecule has 3 rings (SSSR count). The van der Waals surface area contributed by atoms with Crippen molar-refractivity contribution in [3.05, 3.63) is 11.7 Å². The summed E-state index contributed by atoms with van der Waals surface area (Å²) < 4.78 is 5.18. The molecule has 1 atom stereocenters. The molecule has 1 N–H and O–H groups in total. The molecule has 122 valence electrons. The summed E-state index contributed by atoms with van der Waals surface area (Å²) >= 11 is 0. The minimum absolute atomic E-state index is 0.0500. The van der Waals surface area contributed by atoms with Gasteiger partial charge >= 0.3 is 6.03 Å². The number of hydrogen-bond donors (Lipinski definition) is 1. The lowest BCUT2D eigenvalue weighted by Gasteiger charge is -2.32. The number of carbonyl (C=O) groups excluding carboxylic acids is 1. The van der Waals surface area contributed by atoms with Crippen LogP contribution in [0.4, 0.5) is 4.79 Å². The average Bonchev–Trinajstić information content (AvgIpc) is 3.26. The van der Waals surface area contributed by atoms with Gasteiger partial charge in [0, 0.05) is 32.0 Å². The Morgan fingerprint density at radius 3 is 2.86 bits per heavy atom. The van der Waals surface area contributed by atoms with Crippen LogP contribution in [0.5, 0.6) is 0 Å². The molecule has 2 aliphatic rings. The summed E-state index contributed by atoms with van der Waals surface area (Å²) in [4.78, 5) is 18.5. The van der Waals surface area contributed by atoms with Crippen LogP contribution in [-0.2, 0) is 6.42 Å². The third kappa shape index (κ3) is 3.78. The Morgan fingerprint density at radius 1 is 1.36 bits per heavy atom. The normalized spacial score (nSPS) is 22.1. The molecule has 2 amide bonds. The van der Waals surface area contributed by atoms with Gasteiger partial charge in [-0.05, 0) is 37.5 Å². The Balaban J connectivity index is 1.41. The molecule has 0 spiro atoms. The molecule has 0 bridgehead atoms. The number of hydrogen-bond acceptors (Lipinski definition) is 4. The lowest BCUT2D eigenvalue weighted by atomic mass is 9.94. The first-order valence-electron chi connectivity index (χ1n) is 8.48. The van der Waals surface area contributed by atoms with Crippen molar-refractivity contribution in [2.75, 3.05) is 19.6 Å². The quantitative estimate of drug-likeness (QED) is 0.907. The predicted molar refractivity (Wildman–Crippen MR) is 82.5 cm³/mol. The Hall–Kier alpha value is -1.59. The number of carbonyl (C=O) groups is 1. The van der Waals surface area contributed by atoms with Gasteiger partial charge in [-0.2, -0.15) is 4.98 Å². The van der Waals surface area contributed by atoms with Gasteiger partial charge in [0.25, 0.3) is 0 Å². The monoisotopic (exact) mass is 306 g/mol. The maximum atomic E-state index is 12.2. The zero-order valence-corrected chi connectivity index (χ0v) is 13.5. The molecule has 1 saturated carbocycles. The van der Waals surface area contributed by atoms with Gasteiger partial charge in [-0.3, -0.25) is 0 Å². The molecule has 0 radical (unpaired) electrons. The predicted octanol–water partition coefficient (Wildman–Crippen LogP) is 2.57. The summed E-state index contributed by atoms with van der Waals surface area (Å²) in [7, 11) is 0. The highest BCUT2D eigenvalue weighted by atomic mass is 16.5. The zero-order valence-electron chi connectivity index (χ0n) is 13.5. The van der Waals surface area contributed by atoms with Crippen molar-refractivity contribution in [3.8, 4) is 0 Å². The minimum Gasteiger partial charge on any atom is -0.339 e. The van der Waals surface area contributed by atoms with E-state index < -0.39 is 0 Å². The average molecular weight is 306 g/mol. The zero-order chi connectivity index (χ0) is 15.5. The lowest BCUT2D eigenvalue weighted by molar-refractivity contribution is 0.158. The maximum Gasteiger partial charge on any atom is 0.317 e. The Morgan fingerprint density at radius 2 is 2.18 bits per heavy atom. The molecule has 1 saturated heterocycles. The van der Waals surface area contributed by atoms with Gasteiger partial charge in [-0.1, -0.05) is 19.0 Å². The highest BCUT2D eigenvalue weighted by molar-refractivity contribution is 5.74. The Bertz CT molecular complexity index is 510. The molecular weight excluding hydrogens is 280 g/mol. The van der Waals surface area contributed by atoms with Crippen LogP contribution in [0.3, 0.4) is 0 Å². The molecule has 22 heavy (non-hydrogen) atoms. The number of nitrogens with one attached hydrogen (secondary N) is 1. The molecule has 0 aromatic carbocycles. The van der Waals surface area contributed by atoms with Gasteiger partial charge < -0.3 is 14.7 Å². The number of rotatable bonds is 5. The molecule has 6 nitrogen and oxygen atoms in total. The summed E-state index contributed by atoms with van der Waals surface area (Å²) in [5, 5.41) is 6.91. The lowest BCUT2D eigenvalue weighted by Crippen LogP contribution is -2.46. The second-order valence-electron chi connectivity index (χ2n) is 6.87. The molecule has 1 aromatic rings.